The molecule has 4 heteroatoms. The molecule has 1 atom stereocenters. The van der Waals surface area contributed by atoms with E-state index in [0.29, 0.717) is 13.2 Å². The van der Waals surface area contributed by atoms with Crippen molar-refractivity contribution in [3.8, 4) is 0 Å². The van der Waals surface area contributed by atoms with Gasteiger partial charge in [0.05, 0.1) is 18.7 Å². The van der Waals surface area contributed by atoms with Gasteiger partial charge < -0.3 is 14.8 Å². The van der Waals surface area contributed by atoms with Gasteiger partial charge in [0.15, 0.2) is 6.29 Å². The number of nitrogens with zero attached hydrogens (tertiary/aromatic N) is 1. The number of rotatable bonds is 4. The summed E-state index contributed by atoms with van der Waals surface area (Å²) < 4.78 is 11.0. The van der Waals surface area contributed by atoms with Gasteiger partial charge in [-0.25, -0.2) is 0 Å². The zero-order chi connectivity index (χ0) is 13.1. The molecule has 100 valence electrons. The van der Waals surface area contributed by atoms with Crippen molar-refractivity contribution in [1.82, 2.24) is 10.3 Å². The molecule has 4 nitrogen and oxygen atoms in total. The van der Waals surface area contributed by atoms with Gasteiger partial charge in [0.25, 0.3) is 0 Å². The fourth-order valence-electron chi connectivity index (χ4n) is 2.47. The van der Waals surface area contributed by atoms with Crippen LogP contribution >= 0.6 is 0 Å². The Kier molecular flexibility index (Phi) is 3.73. The standard InChI is InChI=1S/C15H18N2O2/c1-16-14(10-15-18-7-8-19-15)12-4-5-13-11(9-12)3-2-6-17-13/h2-6,9,14-16H,7-8,10H2,1H3. The van der Waals surface area contributed by atoms with Crippen LogP contribution in [0.25, 0.3) is 10.9 Å². The summed E-state index contributed by atoms with van der Waals surface area (Å²) in [4.78, 5) is 4.34. The Labute approximate surface area is 112 Å². The summed E-state index contributed by atoms with van der Waals surface area (Å²) in [5.74, 6) is 0. The molecule has 1 aromatic carbocycles. The third kappa shape index (κ3) is 2.76. The summed E-state index contributed by atoms with van der Waals surface area (Å²) in [6.07, 6.45) is 2.54. The Morgan fingerprint density at radius 3 is 2.95 bits per heavy atom. The lowest BCUT2D eigenvalue weighted by molar-refractivity contribution is -0.0526. The molecule has 0 amide bonds. The monoisotopic (exact) mass is 258 g/mol. The van der Waals surface area contributed by atoms with Crippen molar-refractivity contribution in [3.05, 3.63) is 42.1 Å². The van der Waals surface area contributed by atoms with Gasteiger partial charge in [-0.05, 0) is 30.8 Å². The van der Waals surface area contributed by atoms with Gasteiger partial charge in [-0.2, -0.15) is 0 Å². The molecule has 1 aliphatic heterocycles. The third-order valence-corrected chi connectivity index (χ3v) is 3.50. The number of pyridine rings is 1. The zero-order valence-corrected chi connectivity index (χ0v) is 11.0. The van der Waals surface area contributed by atoms with E-state index >= 15 is 0 Å². The van der Waals surface area contributed by atoms with Crippen LogP contribution in [-0.2, 0) is 9.47 Å². The minimum absolute atomic E-state index is 0.0953. The molecule has 0 spiro atoms. The Morgan fingerprint density at radius 1 is 1.32 bits per heavy atom. The molecule has 1 N–H and O–H groups in total. The smallest absolute Gasteiger partial charge is 0.159 e. The number of benzene rings is 1. The van der Waals surface area contributed by atoms with Crippen molar-refractivity contribution in [3.63, 3.8) is 0 Å². The van der Waals surface area contributed by atoms with E-state index in [9.17, 15) is 0 Å². The van der Waals surface area contributed by atoms with E-state index < -0.39 is 0 Å². The van der Waals surface area contributed by atoms with Gasteiger partial charge in [-0.3, -0.25) is 4.98 Å². The largest absolute Gasteiger partial charge is 0.350 e. The summed E-state index contributed by atoms with van der Waals surface area (Å²) in [6.45, 7) is 1.39. The molecular weight excluding hydrogens is 240 g/mol. The highest BCUT2D eigenvalue weighted by atomic mass is 16.7. The van der Waals surface area contributed by atoms with Crippen LogP contribution in [0.5, 0.6) is 0 Å². The summed E-state index contributed by atoms with van der Waals surface area (Å²) in [7, 11) is 1.97. The lowest BCUT2D eigenvalue weighted by Gasteiger charge is -2.20. The van der Waals surface area contributed by atoms with Crippen LogP contribution in [0.1, 0.15) is 18.0 Å². The SMILES string of the molecule is CNC(CC1OCCO1)c1ccc2ncccc2c1. The summed E-state index contributed by atoms with van der Waals surface area (Å²) in [5, 5.41) is 4.49. The highest BCUT2D eigenvalue weighted by Gasteiger charge is 2.21. The first-order chi connectivity index (χ1) is 9.36. The molecule has 1 aromatic heterocycles. The molecule has 2 aromatic rings. The molecule has 2 heterocycles. The number of fused-ring (bicyclic) bond motifs is 1. The van der Waals surface area contributed by atoms with Crippen molar-refractivity contribution in [2.45, 2.75) is 18.8 Å². The van der Waals surface area contributed by atoms with Crippen molar-refractivity contribution in [2.75, 3.05) is 20.3 Å². The van der Waals surface area contributed by atoms with Crippen LogP contribution in [0, 0.1) is 0 Å². The van der Waals surface area contributed by atoms with Crippen LogP contribution in [0.15, 0.2) is 36.5 Å². The van der Waals surface area contributed by atoms with E-state index in [2.05, 4.69) is 34.6 Å². The Bertz CT molecular complexity index is 553. The number of nitrogens with one attached hydrogen (secondary N) is 1. The summed E-state index contributed by atoms with van der Waals surface area (Å²) in [5.41, 5.74) is 2.26. The highest BCUT2D eigenvalue weighted by molar-refractivity contribution is 5.79. The molecule has 1 unspecified atom stereocenters. The number of aromatic nitrogens is 1. The first-order valence-corrected chi connectivity index (χ1v) is 6.62. The molecule has 1 aliphatic rings. The van der Waals surface area contributed by atoms with Gasteiger partial charge in [-0.1, -0.05) is 12.1 Å². The molecule has 0 radical (unpaired) electrons. The molecule has 1 fully saturated rings. The van der Waals surface area contributed by atoms with Crippen molar-refractivity contribution in [1.29, 1.82) is 0 Å². The second-order valence-corrected chi connectivity index (χ2v) is 4.70. The number of hydrogen-bond acceptors (Lipinski definition) is 4. The quantitative estimate of drug-likeness (QED) is 0.913. The third-order valence-electron chi connectivity index (χ3n) is 3.50. The minimum Gasteiger partial charge on any atom is -0.350 e. The molecule has 3 rings (SSSR count). The van der Waals surface area contributed by atoms with Crippen LogP contribution in [0.4, 0.5) is 0 Å². The van der Waals surface area contributed by atoms with Gasteiger partial charge in [0, 0.05) is 24.0 Å². The number of hydrogen-bond donors (Lipinski definition) is 1. The van der Waals surface area contributed by atoms with Crippen LogP contribution in [0.2, 0.25) is 0 Å². The maximum atomic E-state index is 5.52. The highest BCUT2D eigenvalue weighted by Crippen LogP contribution is 2.24. The van der Waals surface area contributed by atoms with Crippen LogP contribution in [-0.4, -0.2) is 31.5 Å². The normalized spacial score (nSPS) is 17.9. The lowest BCUT2D eigenvalue weighted by atomic mass is 10.0. The molecule has 0 bridgehead atoms. The van der Waals surface area contributed by atoms with E-state index in [1.807, 2.05) is 19.3 Å². The molecule has 0 aliphatic carbocycles. The predicted molar refractivity (Wildman–Crippen MR) is 73.9 cm³/mol. The average Bonchev–Trinajstić information content (AvgIpc) is 2.97. The predicted octanol–water partition coefficient (Wildman–Crippen LogP) is 2.26. The van der Waals surface area contributed by atoms with E-state index in [1.165, 1.54) is 5.56 Å². The Morgan fingerprint density at radius 2 is 2.16 bits per heavy atom. The van der Waals surface area contributed by atoms with Gasteiger partial charge >= 0.3 is 0 Å². The second kappa shape index (κ2) is 5.65. The fraction of sp³-hybridized carbons (Fsp3) is 0.400. The van der Waals surface area contributed by atoms with E-state index in [4.69, 9.17) is 9.47 Å². The molecular formula is C15H18N2O2. The van der Waals surface area contributed by atoms with E-state index in [-0.39, 0.29) is 12.3 Å². The van der Waals surface area contributed by atoms with Crippen LogP contribution in [0.3, 0.4) is 0 Å². The minimum atomic E-state index is -0.0953. The fourth-order valence-corrected chi connectivity index (χ4v) is 2.47. The van der Waals surface area contributed by atoms with Crippen molar-refractivity contribution in [2.24, 2.45) is 0 Å². The molecule has 19 heavy (non-hydrogen) atoms. The topological polar surface area (TPSA) is 43.4 Å². The molecule has 0 saturated carbocycles. The first-order valence-electron chi connectivity index (χ1n) is 6.62. The van der Waals surface area contributed by atoms with Gasteiger partial charge in [0.2, 0.25) is 0 Å². The van der Waals surface area contributed by atoms with Gasteiger partial charge in [0.1, 0.15) is 0 Å². The van der Waals surface area contributed by atoms with Crippen LogP contribution < -0.4 is 5.32 Å². The van der Waals surface area contributed by atoms with Crippen molar-refractivity contribution < 1.29 is 9.47 Å². The number of ether oxygens (including phenoxy) is 2. The van der Waals surface area contributed by atoms with Crippen molar-refractivity contribution >= 4 is 10.9 Å². The lowest BCUT2D eigenvalue weighted by Crippen LogP contribution is -2.23. The Hall–Kier alpha value is -1.49. The zero-order valence-electron chi connectivity index (χ0n) is 11.0. The maximum Gasteiger partial charge on any atom is 0.159 e. The van der Waals surface area contributed by atoms with E-state index in [1.54, 1.807) is 0 Å². The second-order valence-electron chi connectivity index (χ2n) is 4.70. The summed E-state index contributed by atoms with van der Waals surface area (Å²) in [6, 6.07) is 10.6. The summed E-state index contributed by atoms with van der Waals surface area (Å²) >= 11 is 0. The van der Waals surface area contributed by atoms with E-state index in [0.717, 1.165) is 17.3 Å². The van der Waals surface area contributed by atoms with Gasteiger partial charge in [-0.15, -0.1) is 0 Å². The average molecular weight is 258 g/mol. The first kappa shape index (κ1) is 12.5. The Balaban J connectivity index is 1.83. The maximum absolute atomic E-state index is 5.52. The molecule has 1 saturated heterocycles.